The number of aromatic hydroxyl groups is 3. The van der Waals surface area contributed by atoms with E-state index < -0.39 is 34.2 Å². The van der Waals surface area contributed by atoms with Gasteiger partial charge in [-0.1, -0.05) is 28.9 Å². The molecule has 26 heavy (non-hydrogen) atoms. The van der Waals surface area contributed by atoms with E-state index in [0.29, 0.717) is 5.56 Å². The minimum Gasteiger partial charge on any atom is -0.504 e. The van der Waals surface area contributed by atoms with Gasteiger partial charge in [-0.15, -0.1) is 0 Å². The van der Waals surface area contributed by atoms with Gasteiger partial charge in [-0.3, -0.25) is 14.9 Å². The average Bonchev–Trinajstić information content (AvgIpc) is 2.60. The molecule has 1 aromatic rings. The van der Waals surface area contributed by atoms with E-state index in [2.05, 4.69) is 33.9 Å². The van der Waals surface area contributed by atoms with Crippen LogP contribution in [0.5, 0.6) is 17.2 Å². The third kappa shape index (κ3) is 6.37. The Balaban J connectivity index is 2.74. The highest BCUT2D eigenvalue weighted by Crippen LogP contribution is 2.35. The number of hydrogen-bond acceptors (Lipinski definition) is 8. The fourth-order valence-electron chi connectivity index (χ4n) is 2.12. The molecule has 0 bridgehead atoms. The predicted octanol–water partition coefficient (Wildman–Crippen LogP) is 2.16. The molecule has 0 aliphatic carbocycles. The van der Waals surface area contributed by atoms with Gasteiger partial charge >= 0.3 is 0 Å². The van der Waals surface area contributed by atoms with E-state index in [-0.39, 0.29) is 29.8 Å². The summed E-state index contributed by atoms with van der Waals surface area (Å²) in [6.45, 7) is 1.87. The van der Waals surface area contributed by atoms with Gasteiger partial charge in [0.25, 0.3) is 0 Å². The lowest BCUT2D eigenvalue weighted by Gasteiger charge is -2.14. The molecule has 0 fully saturated rings. The summed E-state index contributed by atoms with van der Waals surface area (Å²) in [5, 5.41) is 39.8. The molecule has 0 aromatic heterocycles. The van der Waals surface area contributed by atoms with Crippen molar-refractivity contribution in [3.05, 3.63) is 29.3 Å². The maximum Gasteiger partial charge on any atom is 0.208 e. The molecule has 2 atom stereocenters. The second kappa shape index (κ2) is 10.2. The first-order valence-electron chi connectivity index (χ1n) is 7.58. The molecule has 0 aliphatic rings. The number of halogens is 1. The number of ketones is 2. The third-order valence-electron chi connectivity index (χ3n) is 3.46. The Bertz CT molecular complexity index is 737. The maximum atomic E-state index is 11.6. The molecule has 0 amide bonds. The number of nitrogens with zero attached hydrogens (tertiary/aromatic N) is 1. The van der Waals surface area contributed by atoms with Crippen molar-refractivity contribution >= 4 is 40.1 Å². The highest BCUT2D eigenvalue weighted by Gasteiger charge is 2.17. The largest absolute Gasteiger partial charge is 0.504 e. The predicted molar refractivity (Wildman–Crippen MR) is 102 cm³/mol. The zero-order valence-corrected chi connectivity index (χ0v) is 16.4. The molecule has 140 valence electrons. The number of alkyl halides is 1. The summed E-state index contributed by atoms with van der Waals surface area (Å²) < 4.78 is 0. The zero-order chi connectivity index (χ0) is 19.9. The van der Waals surface area contributed by atoms with Crippen LogP contribution < -0.4 is 5.32 Å². The standard InChI is InChI=1S/C17H19BrN2O5S/c1-9(3-12(21)15(24)6-18)2-11(7-19)17(26)20-8-10-4-13(22)16(25)14(23)5-10/h2,4-5,9,17,20,22-23,25-26H,3,6,8H2,1H3/b11-2+. The molecule has 0 heterocycles. The number of Topliss-reactive ketones (excluding diaryl/α,β-unsaturated/α-hetero) is 2. The van der Waals surface area contributed by atoms with Gasteiger partial charge in [0.2, 0.25) is 5.78 Å². The summed E-state index contributed by atoms with van der Waals surface area (Å²) >= 11 is 7.23. The van der Waals surface area contributed by atoms with Gasteiger partial charge in [0, 0.05) is 13.0 Å². The first-order valence-corrected chi connectivity index (χ1v) is 9.22. The SMILES string of the molecule is CC(/C=C(\C#N)C(S)NCc1cc(O)c(O)c(O)c1)CC(=O)C(=O)CBr. The quantitative estimate of drug-likeness (QED) is 0.0987. The van der Waals surface area contributed by atoms with Crippen LogP contribution in [0.15, 0.2) is 23.8 Å². The smallest absolute Gasteiger partial charge is 0.208 e. The van der Waals surface area contributed by atoms with Gasteiger partial charge in [-0.25, -0.2) is 0 Å². The van der Waals surface area contributed by atoms with Crippen LogP contribution in [0, 0.1) is 17.2 Å². The van der Waals surface area contributed by atoms with Crippen LogP contribution in [0.3, 0.4) is 0 Å². The number of allylic oxidation sites excluding steroid dienone is 1. The summed E-state index contributed by atoms with van der Waals surface area (Å²) in [7, 11) is 0. The van der Waals surface area contributed by atoms with Crippen molar-refractivity contribution in [1.29, 1.82) is 5.26 Å². The molecule has 4 N–H and O–H groups in total. The van der Waals surface area contributed by atoms with E-state index in [1.54, 1.807) is 13.0 Å². The fraction of sp³-hybridized carbons (Fsp3) is 0.353. The van der Waals surface area contributed by atoms with Gasteiger partial charge in [0.05, 0.1) is 22.3 Å². The summed E-state index contributed by atoms with van der Waals surface area (Å²) in [5.41, 5.74) is 0.743. The summed E-state index contributed by atoms with van der Waals surface area (Å²) in [4.78, 5) is 22.9. The molecular formula is C17H19BrN2O5S. The first-order chi connectivity index (χ1) is 12.2. The molecule has 0 saturated heterocycles. The maximum absolute atomic E-state index is 11.6. The number of phenols is 3. The molecule has 9 heteroatoms. The van der Waals surface area contributed by atoms with E-state index >= 15 is 0 Å². The van der Waals surface area contributed by atoms with Crippen molar-refractivity contribution in [3.63, 3.8) is 0 Å². The average molecular weight is 443 g/mol. The highest BCUT2D eigenvalue weighted by atomic mass is 79.9. The first kappa shape index (κ1) is 22.0. The van der Waals surface area contributed by atoms with Gasteiger partial charge in [-0.2, -0.15) is 17.9 Å². The summed E-state index contributed by atoms with van der Waals surface area (Å²) in [5.74, 6) is -2.88. The molecule has 7 nitrogen and oxygen atoms in total. The monoisotopic (exact) mass is 442 g/mol. The number of rotatable bonds is 9. The third-order valence-corrected chi connectivity index (χ3v) is 4.43. The van der Waals surface area contributed by atoms with Crippen molar-refractivity contribution in [2.45, 2.75) is 25.3 Å². The number of thiol groups is 1. The van der Waals surface area contributed by atoms with Gasteiger partial charge in [0.15, 0.2) is 23.0 Å². The highest BCUT2D eigenvalue weighted by molar-refractivity contribution is 9.09. The van der Waals surface area contributed by atoms with Crippen molar-refractivity contribution in [2.24, 2.45) is 5.92 Å². The van der Waals surface area contributed by atoms with Crippen molar-refractivity contribution in [1.82, 2.24) is 5.32 Å². The lowest BCUT2D eigenvalue weighted by atomic mass is 10.00. The summed E-state index contributed by atoms with van der Waals surface area (Å²) in [6, 6.07) is 4.53. The normalized spacial score (nSPS) is 13.7. The number of benzene rings is 1. The second-order valence-corrected chi connectivity index (χ2v) is 6.74. The van der Waals surface area contributed by atoms with Gasteiger partial charge in [-0.05, 0) is 23.6 Å². The Morgan fingerprint density at radius 2 is 1.88 bits per heavy atom. The van der Waals surface area contributed by atoms with Crippen LogP contribution in [0.25, 0.3) is 0 Å². The number of nitriles is 1. The van der Waals surface area contributed by atoms with E-state index in [9.17, 15) is 30.2 Å². The Hall–Kier alpha value is -2.02. The number of nitrogens with one attached hydrogen (secondary N) is 1. The number of phenolic OH excluding ortho intramolecular Hbond substituents is 3. The van der Waals surface area contributed by atoms with Crippen molar-refractivity contribution in [3.8, 4) is 23.3 Å². The Morgan fingerprint density at radius 3 is 2.38 bits per heavy atom. The van der Waals surface area contributed by atoms with Crippen LogP contribution in [0.1, 0.15) is 18.9 Å². The molecule has 0 spiro atoms. The topological polar surface area (TPSA) is 131 Å². The Labute approximate surface area is 164 Å². The Morgan fingerprint density at radius 1 is 1.31 bits per heavy atom. The van der Waals surface area contributed by atoms with Crippen LogP contribution in [-0.2, 0) is 16.1 Å². The van der Waals surface area contributed by atoms with Crippen LogP contribution in [0.4, 0.5) is 0 Å². The molecule has 0 saturated carbocycles. The minimum atomic E-state index is -0.664. The van der Waals surface area contributed by atoms with E-state index in [1.807, 2.05) is 6.07 Å². The van der Waals surface area contributed by atoms with Gasteiger partial charge < -0.3 is 15.3 Å². The Kier molecular flexibility index (Phi) is 8.65. The molecule has 2 unspecified atom stereocenters. The van der Waals surface area contributed by atoms with Crippen LogP contribution >= 0.6 is 28.6 Å². The molecule has 0 radical (unpaired) electrons. The van der Waals surface area contributed by atoms with Crippen molar-refractivity contribution in [2.75, 3.05) is 5.33 Å². The number of carbonyl (C=O) groups excluding carboxylic acids is 2. The van der Waals surface area contributed by atoms with Gasteiger partial charge in [0.1, 0.15) is 0 Å². The minimum absolute atomic E-state index is 0.00415. The van der Waals surface area contributed by atoms with E-state index in [4.69, 9.17) is 0 Å². The fourth-order valence-corrected chi connectivity index (χ4v) is 2.67. The lowest BCUT2D eigenvalue weighted by molar-refractivity contribution is -0.135. The van der Waals surface area contributed by atoms with Crippen molar-refractivity contribution < 1.29 is 24.9 Å². The number of carbonyl (C=O) groups is 2. The second-order valence-electron chi connectivity index (χ2n) is 5.66. The molecule has 1 rings (SSSR count). The zero-order valence-electron chi connectivity index (χ0n) is 13.9. The molecule has 0 aliphatic heterocycles. The van der Waals surface area contributed by atoms with E-state index in [1.165, 1.54) is 12.1 Å². The lowest BCUT2D eigenvalue weighted by Crippen LogP contribution is -2.25. The van der Waals surface area contributed by atoms with E-state index in [0.717, 1.165) is 0 Å². The van der Waals surface area contributed by atoms with Crippen LogP contribution in [-0.4, -0.2) is 37.6 Å². The number of hydrogen-bond donors (Lipinski definition) is 5. The molecule has 1 aromatic carbocycles. The summed E-state index contributed by atoms with van der Waals surface area (Å²) in [6.07, 6.45) is 1.56. The van der Waals surface area contributed by atoms with Crippen LogP contribution in [0.2, 0.25) is 0 Å². The molecular weight excluding hydrogens is 424 g/mol.